The number of carbonyl (C=O) groups is 1. The van der Waals surface area contributed by atoms with E-state index in [1.54, 1.807) is 25.9 Å². The molecule has 0 aromatic heterocycles. The number of nitrogens with zero attached hydrogens (tertiary/aromatic N) is 1. The summed E-state index contributed by atoms with van der Waals surface area (Å²) in [4.78, 5) is 15.2. The number of methoxy groups -OCH3 is 2. The van der Waals surface area contributed by atoms with Gasteiger partial charge in [-0.25, -0.2) is 17.6 Å². The molecule has 2 rings (SSSR count). The number of Topliss-reactive ketones (excluding diaryl/α,β-unsaturated/α-hetero) is 1. The maximum Gasteiger partial charge on any atom is 0.166 e. The molecule has 0 heterocycles. The van der Waals surface area contributed by atoms with Crippen molar-refractivity contribution < 1.29 is 31.8 Å². The van der Waals surface area contributed by atoms with Crippen molar-refractivity contribution >= 4 is 5.78 Å². The highest BCUT2D eigenvalue weighted by Crippen LogP contribution is 2.45. The Hall–Kier alpha value is -2.61. The maximum atomic E-state index is 15.1. The minimum Gasteiger partial charge on any atom is -0.493 e. The highest BCUT2D eigenvalue weighted by atomic mass is 19.2. The van der Waals surface area contributed by atoms with Crippen molar-refractivity contribution in [1.29, 1.82) is 0 Å². The van der Waals surface area contributed by atoms with Crippen LogP contribution in [0.1, 0.15) is 37.8 Å². The molecule has 0 saturated heterocycles. The predicted molar refractivity (Wildman–Crippen MR) is 110 cm³/mol. The van der Waals surface area contributed by atoms with Gasteiger partial charge in [0.05, 0.1) is 19.6 Å². The van der Waals surface area contributed by atoms with E-state index in [1.165, 1.54) is 39.3 Å². The Morgan fingerprint density at radius 3 is 2.00 bits per heavy atom. The zero-order valence-corrected chi connectivity index (χ0v) is 18.5. The van der Waals surface area contributed by atoms with Crippen LogP contribution in [-0.2, 0) is 10.2 Å². The molecule has 2 aromatic carbocycles. The average Bonchev–Trinajstić information content (AvgIpc) is 2.75. The van der Waals surface area contributed by atoms with Crippen molar-refractivity contribution in [3.05, 3.63) is 58.7 Å². The van der Waals surface area contributed by atoms with E-state index in [1.807, 2.05) is 0 Å². The lowest BCUT2D eigenvalue weighted by atomic mass is 9.66. The zero-order chi connectivity index (χ0) is 23.5. The molecule has 0 unspecified atom stereocenters. The Labute approximate surface area is 179 Å². The van der Waals surface area contributed by atoms with Gasteiger partial charge in [-0.1, -0.05) is 13.0 Å². The molecular weight excluding hydrogens is 414 g/mol. The van der Waals surface area contributed by atoms with E-state index in [9.17, 15) is 13.6 Å². The van der Waals surface area contributed by atoms with Gasteiger partial charge in [0.25, 0.3) is 0 Å². The molecule has 0 aliphatic carbocycles. The third-order valence-corrected chi connectivity index (χ3v) is 5.70. The Balaban J connectivity index is 3.02. The van der Waals surface area contributed by atoms with E-state index in [4.69, 9.17) is 9.47 Å². The first-order valence-electron chi connectivity index (χ1n) is 9.80. The number of ether oxygens (including phenoxy) is 2. The standard InChI is InChI=1S/C23H27F4NO3/c1-7-19(29)23(12-13(2)28(3)4,14-8-9-17(30-5)18(10-14)31-6)20-21(26)15(24)11-16(25)22(20)27/h8-11,13H,7,12H2,1-6H3/t13-,23+/m1/s1. The van der Waals surface area contributed by atoms with Gasteiger partial charge in [-0.15, -0.1) is 0 Å². The van der Waals surface area contributed by atoms with Gasteiger partial charge in [0.15, 0.2) is 34.8 Å². The van der Waals surface area contributed by atoms with Crippen LogP contribution in [0.2, 0.25) is 0 Å². The quantitative estimate of drug-likeness (QED) is 0.411. The molecule has 0 spiro atoms. The third-order valence-electron chi connectivity index (χ3n) is 5.70. The Kier molecular flexibility index (Phi) is 7.70. The Morgan fingerprint density at radius 1 is 1.00 bits per heavy atom. The average molecular weight is 441 g/mol. The number of halogens is 4. The lowest BCUT2D eigenvalue weighted by Crippen LogP contribution is -2.44. The number of ketones is 1. The lowest BCUT2D eigenvalue weighted by molar-refractivity contribution is -0.123. The zero-order valence-electron chi connectivity index (χ0n) is 18.5. The molecule has 0 radical (unpaired) electrons. The third kappa shape index (κ3) is 4.39. The van der Waals surface area contributed by atoms with Crippen LogP contribution in [0.15, 0.2) is 24.3 Å². The molecule has 0 saturated carbocycles. The largest absolute Gasteiger partial charge is 0.493 e. The van der Waals surface area contributed by atoms with Gasteiger partial charge < -0.3 is 14.4 Å². The number of rotatable bonds is 9. The summed E-state index contributed by atoms with van der Waals surface area (Å²) in [6, 6.07) is 4.11. The van der Waals surface area contributed by atoms with Crippen LogP contribution in [0.4, 0.5) is 17.6 Å². The summed E-state index contributed by atoms with van der Waals surface area (Å²) in [6.07, 6.45) is -0.246. The van der Waals surface area contributed by atoms with Crippen LogP contribution in [0.3, 0.4) is 0 Å². The molecule has 0 fully saturated rings. The molecule has 4 nitrogen and oxygen atoms in total. The predicted octanol–water partition coefficient (Wildman–Crippen LogP) is 4.87. The molecule has 2 atom stereocenters. The molecule has 0 N–H and O–H groups in total. The van der Waals surface area contributed by atoms with Crippen LogP contribution in [0.25, 0.3) is 0 Å². The van der Waals surface area contributed by atoms with Crippen LogP contribution in [0, 0.1) is 23.3 Å². The molecule has 0 amide bonds. The Bertz CT molecular complexity index is 938. The second-order valence-corrected chi connectivity index (χ2v) is 7.61. The fourth-order valence-corrected chi connectivity index (χ4v) is 3.76. The molecule has 0 bridgehead atoms. The molecule has 0 aliphatic heterocycles. The van der Waals surface area contributed by atoms with Crippen LogP contribution >= 0.6 is 0 Å². The summed E-state index contributed by atoms with van der Waals surface area (Å²) in [5, 5.41) is 0. The highest BCUT2D eigenvalue weighted by Gasteiger charge is 2.47. The normalized spacial score (nSPS) is 14.3. The van der Waals surface area contributed by atoms with Crippen molar-refractivity contribution in [1.82, 2.24) is 4.90 Å². The topological polar surface area (TPSA) is 38.8 Å². The van der Waals surface area contributed by atoms with Crippen molar-refractivity contribution in [3.8, 4) is 11.5 Å². The molecule has 170 valence electrons. The van der Waals surface area contributed by atoms with Crippen LogP contribution < -0.4 is 9.47 Å². The van der Waals surface area contributed by atoms with E-state index < -0.39 is 40.0 Å². The molecule has 0 aliphatic rings. The number of benzene rings is 2. The fraction of sp³-hybridized carbons (Fsp3) is 0.435. The first-order valence-corrected chi connectivity index (χ1v) is 9.80. The number of hydrogen-bond donors (Lipinski definition) is 0. The van der Waals surface area contributed by atoms with E-state index in [2.05, 4.69) is 0 Å². The molecule has 31 heavy (non-hydrogen) atoms. The van der Waals surface area contributed by atoms with E-state index in [0.717, 1.165) is 0 Å². The monoisotopic (exact) mass is 441 g/mol. The van der Waals surface area contributed by atoms with Crippen LogP contribution in [0.5, 0.6) is 11.5 Å². The van der Waals surface area contributed by atoms with Gasteiger partial charge in [-0.05, 0) is 45.1 Å². The van der Waals surface area contributed by atoms with Gasteiger partial charge in [-0.2, -0.15) is 0 Å². The SMILES string of the molecule is CCC(=O)[C@](C[C@@H](C)N(C)C)(c1ccc(OC)c(OC)c1)c1c(F)c(F)cc(F)c1F. The second-order valence-electron chi connectivity index (χ2n) is 7.61. The highest BCUT2D eigenvalue weighted by molar-refractivity contribution is 5.94. The number of carbonyl (C=O) groups excluding carboxylic acids is 1. The summed E-state index contributed by atoms with van der Waals surface area (Å²) in [6.45, 7) is 3.29. The van der Waals surface area contributed by atoms with Crippen LogP contribution in [-0.4, -0.2) is 45.0 Å². The van der Waals surface area contributed by atoms with E-state index in [-0.39, 0.29) is 36.3 Å². The maximum absolute atomic E-state index is 15.1. The minimum atomic E-state index is -2.00. The minimum absolute atomic E-state index is 0.120. The van der Waals surface area contributed by atoms with Crippen molar-refractivity contribution in [3.63, 3.8) is 0 Å². The first-order chi connectivity index (χ1) is 14.5. The van der Waals surface area contributed by atoms with E-state index in [0.29, 0.717) is 5.75 Å². The summed E-state index contributed by atoms with van der Waals surface area (Å²) in [7, 11) is 6.26. The van der Waals surface area contributed by atoms with Crippen molar-refractivity contribution in [2.75, 3.05) is 28.3 Å². The van der Waals surface area contributed by atoms with Gasteiger partial charge in [0.2, 0.25) is 0 Å². The lowest BCUT2D eigenvalue weighted by Gasteiger charge is -2.38. The number of hydrogen-bond acceptors (Lipinski definition) is 4. The van der Waals surface area contributed by atoms with Crippen molar-refractivity contribution in [2.45, 2.75) is 38.1 Å². The summed E-state index contributed by atoms with van der Waals surface area (Å²) in [5.74, 6) is -6.38. The first kappa shape index (κ1) is 24.7. The Morgan fingerprint density at radius 2 is 1.55 bits per heavy atom. The van der Waals surface area contributed by atoms with Gasteiger partial charge in [0.1, 0.15) is 5.78 Å². The molecule has 8 heteroatoms. The van der Waals surface area contributed by atoms with Gasteiger partial charge >= 0.3 is 0 Å². The van der Waals surface area contributed by atoms with E-state index >= 15 is 8.78 Å². The van der Waals surface area contributed by atoms with Crippen molar-refractivity contribution in [2.24, 2.45) is 0 Å². The summed E-state index contributed by atoms with van der Waals surface area (Å²) in [5.41, 5.74) is -2.80. The second kappa shape index (κ2) is 9.68. The van der Waals surface area contributed by atoms with Gasteiger partial charge in [-0.3, -0.25) is 4.79 Å². The smallest absolute Gasteiger partial charge is 0.166 e. The summed E-state index contributed by atoms with van der Waals surface area (Å²) < 4.78 is 69.2. The molecular formula is C23H27F4NO3. The molecule has 2 aromatic rings. The summed E-state index contributed by atoms with van der Waals surface area (Å²) >= 11 is 0. The fourth-order valence-electron chi connectivity index (χ4n) is 3.76. The van der Waals surface area contributed by atoms with Gasteiger partial charge in [0, 0.05) is 24.1 Å².